The molecule has 0 bridgehead atoms. The van der Waals surface area contributed by atoms with Crippen molar-refractivity contribution in [3.63, 3.8) is 0 Å². The van der Waals surface area contributed by atoms with Crippen molar-refractivity contribution in [1.82, 2.24) is 10.2 Å². The number of methoxy groups -OCH3 is 1. The molecule has 2 heterocycles. The van der Waals surface area contributed by atoms with E-state index in [0.29, 0.717) is 25.3 Å². The van der Waals surface area contributed by atoms with Gasteiger partial charge in [-0.25, -0.2) is 0 Å². The van der Waals surface area contributed by atoms with Crippen LogP contribution in [-0.2, 0) is 9.59 Å². The van der Waals surface area contributed by atoms with Crippen LogP contribution in [0.4, 0.5) is 0 Å². The molecule has 0 aliphatic carbocycles. The van der Waals surface area contributed by atoms with Gasteiger partial charge in [0.1, 0.15) is 11.3 Å². The molecule has 0 atom stereocenters. The average molecular weight is 483 g/mol. The summed E-state index contributed by atoms with van der Waals surface area (Å²) >= 11 is 0. The van der Waals surface area contributed by atoms with Crippen LogP contribution in [0.25, 0.3) is 38.4 Å². The molecule has 1 aliphatic rings. The van der Waals surface area contributed by atoms with Gasteiger partial charge in [-0.3, -0.25) is 9.59 Å². The molecule has 1 aromatic heterocycles. The Morgan fingerprint density at radius 2 is 1.94 bits per heavy atom. The van der Waals surface area contributed by atoms with E-state index in [1.807, 2.05) is 36.1 Å². The molecular weight excluding hydrogens is 452 g/mol. The van der Waals surface area contributed by atoms with Crippen LogP contribution in [0.5, 0.6) is 5.75 Å². The molecule has 1 N–H and O–H groups in total. The number of hydrogen-bond acceptors (Lipinski definition) is 4. The van der Waals surface area contributed by atoms with Crippen LogP contribution in [-0.4, -0.2) is 43.5 Å². The normalized spacial score (nSPS) is 14.1. The van der Waals surface area contributed by atoms with Crippen molar-refractivity contribution in [1.29, 1.82) is 0 Å². The Morgan fingerprint density at radius 1 is 1.11 bits per heavy atom. The number of allylic oxidation sites excluding steroid dienone is 1. The second kappa shape index (κ2) is 10.3. The summed E-state index contributed by atoms with van der Waals surface area (Å²) in [5.41, 5.74) is 4.46. The Balaban J connectivity index is 1.39. The summed E-state index contributed by atoms with van der Waals surface area (Å²) in [4.78, 5) is 26.2. The summed E-state index contributed by atoms with van der Waals surface area (Å²) in [6, 6.07) is 18.5. The van der Waals surface area contributed by atoms with Crippen molar-refractivity contribution in [3.05, 3.63) is 72.5 Å². The minimum atomic E-state index is -0.163. The zero-order chi connectivity index (χ0) is 25.1. The minimum absolute atomic E-state index is 0.163. The summed E-state index contributed by atoms with van der Waals surface area (Å²) in [6.07, 6.45) is 5.69. The van der Waals surface area contributed by atoms with E-state index in [0.717, 1.165) is 58.0 Å². The van der Waals surface area contributed by atoms with Crippen LogP contribution in [0.2, 0.25) is 0 Å². The molecule has 1 aliphatic heterocycles. The molecule has 0 unspecified atom stereocenters. The Morgan fingerprint density at radius 3 is 2.75 bits per heavy atom. The van der Waals surface area contributed by atoms with Gasteiger partial charge in [0, 0.05) is 54.7 Å². The first kappa shape index (κ1) is 23.7. The molecule has 5 rings (SSSR count). The van der Waals surface area contributed by atoms with Crippen molar-refractivity contribution in [2.24, 2.45) is 0 Å². The topological polar surface area (TPSA) is 71.8 Å². The summed E-state index contributed by atoms with van der Waals surface area (Å²) in [6.45, 7) is 3.94. The van der Waals surface area contributed by atoms with Crippen LogP contribution >= 0.6 is 0 Å². The van der Waals surface area contributed by atoms with Gasteiger partial charge in [0.05, 0.1) is 13.4 Å². The van der Waals surface area contributed by atoms with Gasteiger partial charge in [0.15, 0.2) is 0 Å². The van der Waals surface area contributed by atoms with Gasteiger partial charge < -0.3 is 19.4 Å². The Kier molecular flexibility index (Phi) is 6.76. The molecule has 1 saturated heterocycles. The second-order valence-electron chi connectivity index (χ2n) is 9.18. The molecule has 0 spiro atoms. The molecule has 36 heavy (non-hydrogen) atoms. The van der Waals surface area contributed by atoms with Gasteiger partial charge in [-0.15, -0.1) is 0 Å². The van der Waals surface area contributed by atoms with E-state index in [2.05, 4.69) is 35.6 Å². The maximum Gasteiger partial charge on any atom is 0.244 e. The number of rotatable bonds is 8. The molecule has 2 amide bonds. The number of furan rings is 1. The number of fused-ring (bicyclic) bond motifs is 2. The predicted octanol–water partition coefficient (Wildman–Crippen LogP) is 5.79. The molecular formula is C30H30N2O4. The first-order valence-electron chi connectivity index (χ1n) is 12.4. The third-order valence-electron chi connectivity index (χ3n) is 6.82. The zero-order valence-corrected chi connectivity index (χ0v) is 20.7. The number of carbonyl (C=O) groups excluding carboxylic acids is 2. The molecule has 184 valence electrons. The highest BCUT2D eigenvalue weighted by Crippen LogP contribution is 2.39. The fourth-order valence-corrected chi connectivity index (χ4v) is 4.95. The largest absolute Gasteiger partial charge is 0.496 e. The summed E-state index contributed by atoms with van der Waals surface area (Å²) < 4.78 is 11.6. The van der Waals surface area contributed by atoms with Gasteiger partial charge in [0.25, 0.3) is 0 Å². The van der Waals surface area contributed by atoms with Gasteiger partial charge in [-0.2, -0.15) is 0 Å². The van der Waals surface area contributed by atoms with Crippen LogP contribution in [0.1, 0.15) is 31.7 Å². The van der Waals surface area contributed by atoms with E-state index in [9.17, 15) is 9.59 Å². The maximum absolute atomic E-state index is 12.6. The highest BCUT2D eigenvalue weighted by molar-refractivity contribution is 6.06. The molecule has 3 aromatic carbocycles. The fourth-order valence-electron chi connectivity index (χ4n) is 4.95. The first-order valence-corrected chi connectivity index (χ1v) is 12.4. The fraction of sp³-hybridized carbons (Fsp3) is 0.267. The highest BCUT2D eigenvalue weighted by Gasteiger charge is 2.19. The quantitative estimate of drug-likeness (QED) is 0.255. The van der Waals surface area contributed by atoms with Crippen LogP contribution in [0.3, 0.4) is 0 Å². The molecule has 0 radical (unpaired) electrons. The smallest absolute Gasteiger partial charge is 0.244 e. The van der Waals surface area contributed by atoms with E-state index in [1.165, 1.54) is 5.39 Å². The maximum atomic E-state index is 12.6. The summed E-state index contributed by atoms with van der Waals surface area (Å²) in [5.74, 6) is 0.695. The number of amides is 2. The van der Waals surface area contributed by atoms with E-state index in [-0.39, 0.29) is 11.8 Å². The number of nitrogens with zero attached hydrogens (tertiary/aromatic N) is 1. The lowest BCUT2D eigenvalue weighted by Crippen LogP contribution is -2.30. The molecule has 6 heteroatoms. The predicted molar refractivity (Wildman–Crippen MR) is 143 cm³/mol. The molecule has 1 fully saturated rings. The summed E-state index contributed by atoms with van der Waals surface area (Å²) in [5, 5.41) is 6.22. The number of hydrogen-bond donors (Lipinski definition) is 1. The third-order valence-corrected chi connectivity index (χ3v) is 6.82. The minimum Gasteiger partial charge on any atom is -0.496 e. The van der Waals surface area contributed by atoms with Gasteiger partial charge in [-0.1, -0.05) is 42.5 Å². The lowest BCUT2D eigenvalue weighted by molar-refractivity contribution is -0.127. The van der Waals surface area contributed by atoms with Crippen molar-refractivity contribution in [2.75, 3.05) is 26.7 Å². The van der Waals surface area contributed by atoms with Crippen molar-refractivity contribution >= 4 is 39.1 Å². The number of ether oxygens (including phenoxy) is 1. The van der Waals surface area contributed by atoms with Crippen LogP contribution < -0.4 is 10.1 Å². The first-order chi connectivity index (χ1) is 17.5. The SMILES string of the molecule is COc1cc2occ(-c3cccc4ccccc34)c2cc1/C(C)=C/C(=O)NCCCN1CCCC1=O. The van der Waals surface area contributed by atoms with Crippen molar-refractivity contribution in [2.45, 2.75) is 26.2 Å². The van der Waals surface area contributed by atoms with Crippen molar-refractivity contribution < 1.29 is 18.7 Å². The zero-order valence-electron chi connectivity index (χ0n) is 20.7. The van der Waals surface area contributed by atoms with Crippen LogP contribution in [0, 0.1) is 0 Å². The Hall–Kier alpha value is -4.06. The van der Waals surface area contributed by atoms with Gasteiger partial charge >= 0.3 is 0 Å². The lowest BCUT2D eigenvalue weighted by atomic mass is 9.96. The standard InChI is InChI=1S/C30H30N2O4/c1-20(16-29(33)31-13-7-15-32-14-6-12-30(32)34)24-17-25-26(19-36-28(25)18-27(24)35-2)23-11-5-9-21-8-3-4-10-22(21)23/h3-5,8-11,16-19H,6-7,12-15H2,1-2H3,(H,31,33)/b20-16+. The summed E-state index contributed by atoms with van der Waals surface area (Å²) in [7, 11) is 1.62. The number of likely N-dealkylation sites (tertiary alicyclic amines) is 1. The lowest BCUT2D eigenvalue weighted by Gasteiger charge is -2.15. The molecule has 6 nitrogen and oxygen atoms in total. The molecule has 4 aromatic rings. The monoisotopic (exact) mass is 482 g/mol. The Bertz CT molecular complexity index is 1460. The van der Waals surface area contributed by atoms with E-state index >= 15 is 0 Å². The molecule has 0 saturated carbocycles. The van der Waals surface area contributed by atoms with E-state index in [4.69, 9.17) is 9.15 Å². The van der Waals surface area contributed by atoms with Crippen LogP contribution in [0.15, 0.2) is 71.4 Å². The van der Waals surface area contributed by atoms with Crippen molar-refractivity contribution in [3.8, 4) is 16.9 Å². The second-order valence-corrected chi connectivity index (χ2v) is 9.18. The van der Waals surface area contributed by atoms with Gasteiger partial charge in [-0.05, 0) is 47.7 Å². The van der Waals surface area contributed by atoms with Gasteiger partial charge in [0.2, 0.25) is 11.8 Å². The highest BCUT2D eigenvalue weighted by atomic mass is 16.5. The number of benzene rings is 3. The number of carbonyl (C=O) groups is 2. The average Bonchev–Trinajstić information content (AvgIpc) is 3.50. The van der Waals surface area contributed by atoms with E-state index < -0.39 is 0 Å². The third kappa shape index (κ3) is 4.71. The van der Waals surface area contributed by atoms with E-state index in [1.54, 1.807) is 19.4 Å². The Labute approximate surface area is 210 Å². The number of nitrogens with one attached hydrogen (secondary N) is 1.